The maximum absolute atomic E-state index is 10.1. The minimum absolute atomic E-state index is 0.189. The van der Waals surface area contributed by atoms with Crippen molar-refractivity contribution in [3.63, 3.8) is 0 Å². The van der Waals surface area contributed by atoms with E-state index < -0.39 is 6.10 Å². The van der Waals surface area contributed by atoms with Crippen LogP contribution in [0, 0.1) is 6.92 Å². The lowest BCUT2D eigenvalue weighted by Crippen LogP contribution is -2.49. The Hall–Kier alpha value is -1.10. The highest BCUT2D eigenvalue weighted by atomic mass is 16.5. The molecule has 2 rings (SSSR count). The topological polar surface area (TPSA) is 35.9 Å². The molecule has 124 valence electrons. The summed E-state index contributed by atoms with van der Waals surface area (Å²) in [6.45, 7) is 13.2. The smallest absolute Gasteiger partial charge is 0.0900 e. The molecule has 1 heterocycles. The zero-order chi connectivity index (χ0) is 16.2. The van der Waals surface area contributed by atoms with Gasteiger partial charge in [0.05, 0.1) is 18.3 Å². The minimum atomic E-state index is -0.412. The molecule has 0 aromatic heterocycles. The van der Waals surface area contributed by atoms with Crippen molar-refractivity contribution in [1.82, 2.24) is 4.90 Å². The Labute approximate surface area is 134 Å². The third-order valence-corrected chi connectivity index (χ3v) is 3.95. The first kappa shape index (κ1) is 17.3. The van der Waals surface area contributed by atoms with Gasteiger partial charge < -0.3 is 14.7 Å². The Morgan fingerprint density at radius 3 is 2.23 bits per heavy atom. The molecule has 0 spiro atoms. The fraction of sp³-hybridized carbons (Fsp3) is 0.667. The van der Waals surface area contributed by atoms with E-state index in [1.54, 1.807) is 0 Å². The van der Waals surface area contributed by atoms with Crippen LogP contribution in [0.3, 0.4) is 0 Å². The number of hydrogen-bond donors (Lipinski definition) is 1. The number of benzene rings is 1. The number of aliphatic hydroxyl groups excluding tert-OH is 1. The van der Waals surface area contributed by atoms with Gasteiger partial charge in [0.15, 0.2) is 0 Å². The average Bonchev–Trinajstić information content (AvgIpc) is 2.46. The van der Waals surface area contributed by atoms with Crippen molar-refractivity contribution in [3.05, 3.63) is 29.8 Å². The summed E-state index contributed by atoms with van der Waals surface area (Å²) < 4.78 is 5.65. The van der Waals surface area contributed by atoms with Crippen LogP contribution in [-0.4, -0.2) is 61.0 Å². The average molecular weight is 306 g/mol. The normalized spacial score (nSPS) is 18.5. The molecule has 1 aromatic rings. The number of nitrogens with zero attached hydrogens (tertiary/aromatic N) is 2. The molecule has 1 atom stereocenters. The van der Waals surface area contributed by atoms with Crippen LogP contribution in [0.25, 0.3) is 0 Å². The number of β-amino-alcohol motifs (C(OH)–C–C–N with tert-alkyl or cyclic N) is 1. The van der Waals surface area contributed by atoms with Crippen molar-refractivity contribution in [2.75, 3.05) is 44.2 Å². The van der Waals surface area contributed by atoms with Gasteiger partial charge in [-0.15, -0.1) is 0 Å². The highest BCUT2D eigenvalue weighted by molar-refractivity contribution is 5.47. The van der Waals surface area contributed by atoms with Gasteiger partial charge in [0.1, 0.15) is 0 Å². The van der Waals surface area contributed by atoms with Gasteiger partial charge in [-0.1, -0.05) is 17.7 Å². The van der Waals surface area contributed by atoms with E-state index >= 15 is 0 Å². The predicted octanol–water partition coefficient (Wildman–Crippen LogP) is 2.29. The summed E-state index contributed by atoms with van der Waals surface area (Å²) in [5.41, 5.74) is 2.40. The second kappa shape index (κ2) is 7.44. The molecular formula is C18H30N2O2. The third-order valence-electron chi connectivity index (χ3n) is 3.95. The molecule has 1 fully saturated rings. The Balaban J connectivity index is 1.74. The molecular weight excluding hydrogens is 276 g/mol. The lowest BCUT2D eigenvalue weighted by Gasteiger charge is -2.37. The van der Waals surface area contributed by atoms with Gasteiger partial charge in [-0.2, -0.15) is 0 Å². The quantitative estimate of drug-likeness (QED) is 0.905. The standard InChI is InChI=1S/C18H30N2O2/c1-15-5-7-16(8-6-15)20-11-9-19(10-12-20)13-17(21)14-22-18(2,3)4/h5-8,17,21H,9-14H2,1-4H3. The van der Waals surface area contributed by atoms with Gasteiger partial charge >= 0.3 is 0 Å². The van der Waals surface area contributed by atoms with Gasteiger partial charge in [0.2, 0.25) is 0 Å². The molecule has 1 unspecified atom stereocenters. The molecule has 1 N–H and O–H groups in total. The highest BCUT2D eigenvalue weighted by Gasteiger charge is 2.20. The minimum Gasteiger partial charge on any atom is -0.389 e. The largest absolute Gasteiger partial charge is 0.389 e. The van der Waals surface area contributed by atoms with Crippen molar-refractivity contribution in [1.29, 1.82) is 0 Å². The molecule has 0 amide bonds. The molecule has 0 radical (unpaired) electrons. The summed E-state index contributed by atoms with van der Waals surface area (Å²) in [6.07, 6.45) is -0.412. The number of hydrogen-bond acceptors (Lipinski definition) is 4. The van der Waals surface area contributed by atoms with E-state index in [0.717, 1.165) is 26.2 Å². The molecule has 1 aliphatic heterocycles. The van der Waals surface area contributed by atoms with Crippen molar-refractivity contribution in [3.8, 4) is 0 Å². The predicted molar refractivity (Wildman–Crippen MR) is 91.5 cm³/mol. The summed E-state index contributed by atoms with van der Waals surface area (Å²) in [5.74, 6) is 0. The fourth-order valence-electron chi connectivity index (χ4n) is 2.64. The fourth-order valence-corrected chi connectivity index (χ4v) is 2.64. The number of piperazine rings is 1. The lowest BCUT2D eigenvalue weighted by atomic mass is 10.2. The number of ether oxygens (including phenoxy) is 1. The van der Waals surface area contributed by atoms with Crippen molar-refractivity contribution < 1.29 is 9.84 Å². The highest BCUT2D eigenvalue weighted by Crippen LogP contribution is 2.17. The Morgan fingerprint density at radius 2 is 1.68 bits per heavy atom. The summed E-state index contributed by atoms with van der Waals surface area (Å²) in [7, 11) is 0. The van der Waals surface area contributed by atoms with Crippen LogP contribution < -0.4 is 4.90 Å². The van der Waals surface area contributed by atoms with Crippen LogP contribution in [0.5, 0.6) is 0 Å². The maximum atomic E-state index is 10.1. The van der Waals surface area contributed by atoms with Gasteiger partial charge in [-0.25, -0.2) is 0 Å². The van der Waals surface area contributed by atoms with E-state index in [4.69, 9.17) is 4.74 Å². The number of anilines is 1. The molecule has 4 heteroatoms. The van der Waals surface area contributed by atoms with Crippen molar-refractivity contribution >= 4 is 5.69 Å². The molecule has 0 bridgehead atoms. The zero-order valence-electron chi connectivity index (χ0n) is 14.4. The van der Waals surface area contributed by atoms with E-state index in [0.29, 0.717) is 13.2 Å². The maximum Gasteiger partial charge on any atom is 0.0900 e. The second-order valence-electron chi connectivity index (χ2n) is 7.20. The first-order valence-electron chi connectivity index (χ1n) is 8.19. The Kier molecular flexibility index (Phi) is 5.84. The van der Waals surface area contributed by atoms with Crippen LogP contribution in [0.4, 0.5) is 5.69 Å². The van der Waals surface area contributed by atoms with Crippen LogP contribution in [0.15, 0.2) is 24.3 Å². The lowest BCUT2D eigenvalue weighted by molar-refractivity contribution is -0.0563. The number of aliphatic hydroxyl groups is 1. The molecule has 1 aliphatic rings. The van der Waals surface area contributed by atoms with Gasteiger partial charge in [0, 0.05) is 38.4 Å². The molecule has 22 heavy (non-hydrogen) atoms. The van der Waals surface area contributed by atoms with Crippen LogP contribution in [0.2, 0.25) is 0 Å². The summed E-state index contributed by atoms with van der Waals surface area (Å²) >= 11 is 0. The van der Waals surface area contributed by atoms with E-state index in [-0.39, 0.29) is 5.60 Å². The van der Waals surface area contributed by atoms with Gasteiger partial charge in [-0.05, 0) is 39.8 Å². The first-order valence-corrected chi connectivity index (χ1v) is 8.19. The summed E-state index contributed by atoms with van der Waals surface area (Å²) in [6, 6.07) is 8.71. The number of rotatable bonds is 5. The van der Waals surface area contributed by atoms with E-state index in [1.165, 1.54) is 11.3 Å². The van der Waals surface area contributed by atoms with Crippen LogP contribution in [0.1, 0.15) is 26.3 Å². The molecule has 4 nitrogen and oxygen atoms in total. The molecule has 0 aliphatic carbocycles. The molecule has 1 aromatic carbocycles. The summed E-state index contributed by atoms with van der Waals surface area (Å²) in [4.78, 5) is 4.73. The van der Waals surface area contributed by atoms with E-state index in [9.17, 15) is 5.11 Å². The van der Waals surface area contributed by atoms with E-state index in [1.807, 2.05) is 20.8 Å². The Bertz CT molecular complexity index is 445. The molecule has 0 saturated carbocycles. The van der Waals surface area contributed by atoms with E-state index in [2.05, 4.69) is 41.0 Å². The second-order valence-corrected chi connectivity index (χ2v) is 7.20. The Morgan fingerprint density at radius 1 is 1.09 bits per heavy atom. The van der Waals surface area contributed by atoms with Crippen molar-refractivity contribution in [2.45, 2.75) is 39.4 Å². The third kappa shape index (κ3) is 5.59. The SMILES string of the molecule is Cc1ccc(N2CCN(CC(O)COC(C)(C)C)CC2)cc1. The number of aryl methyl sites for hydroxylation is 1. The molecule has 1 saturated heterocycles. The van der Waals surface area contributed by atoms with Crippen molar-refractivity contribution in [2.24, 2.45) is 0 Å². The first-order chi connectivity index (χ1) is 10.3. The van der Waals surface area contributed by atoms with Gasteiger partial charge in [-0.3, -0.25) is 4.90 Å². The summed E-state index contributed by atoms with van der Waals surface area (Å²) in [5, 5.41) is 10.1. The van der Waals surface area contributed by atoms with Crippen LogP contribution in [-0.2, 0) is 4.74 Å². The van der Waals surface area contributed by atoms with Crippen LogP contribution >= 0.6 is 0 Å². The zero-order valence-corrected chi connectivity index (χ0v) is 14.4. The monoisotopic (exact) mass is 306 g/mol. The van der Waals surface area contributed by atoms with Gasteiger partial charge in [0.25, 0.3) is 0 Å².